The number of piperidine rings is 1. The second-order valence-corrected chi connectivity index (χ2v) is 7.51. The van der Waals surface area contributed by atoms with Gasteiger partial charge in [-0.05, 0) is 52.2 Å². The molecule has 0 spiro atoms. The van der Waals surface area contributed by atoms with Crippen LogP contribution >= 0.6 is 0 Å². The van der Waals surface area contributed by atoms with Gasteiger partial charge in [0.25, 0.3) is 0 Å². The summed E-state index contributed by atoms with van der Waals surface area (Å²) < 4.78 is 25.0. The van der Waals surface area contributed by atoms with Crippen LogP contribution in [0.2, 0.25) is 0 Å². The largest absolute Gasteiger partial charge is 0.313 e. The van der Waals surface area contributed by atoms with Gasteiger partial charge in [-0.3, -0.25) is 0 Å². The maximum Gasteiger partial charge on any atom is 0.212 e. The molecule has 1 rings (SSSR count). The predicted octanol–water partition coefficient (Wildman–Crippen LogP) is 0.636. The lowest BCUT2D eigenvalue weighted by Crippen LogP contribution is -2.45. The minimum atomic E-state index is -3.09. The second kappa shape index (κ2) is 8.19. The number of hydrogen-bond acceptors (Lipinski definition) is 4. The smallest absolute Gasteiger partial charge is 0.212 e. The van der Waals surface area contributed by atoms with E-state index in [1.807, 2.05) is 0 Å². The van der Waals surface area contributed by atoms with E-state index < -0.39 is 10.0 Å². The minimum Gasteiger partial charge on any atom is -0.313 e. The molecule has 0 amide bonds. The quantitative estimate of drug-likeness (QED) is 0.689. The van der Waals surface area contributed by atoms with Gasteiger partial charge in [0.2, 0.25) is 10.0 Å². The lowest BCUT2D eigenvalue weighted by atomic mass is 9.91. The molecule has 114 valence electrons. The molecule has 0 radical (unpaired) electrons. The summed E-state index contributed by atoms with van der Waals surface area (Å²) in [5.41, 5.74) is 0. The zero-order valence-electron chi connectivity index (χ0n) is 12.5. The Balaban J connectivity index is 2.30. The third-order valence-electron chi connectivity index (χ3n) is 3.94. The van der Waals surface area contributed by atoms with Crippen molar-refractivity contribution in [2.75, 3.05) is 39.0 Å². The number of hydrogen-bond donors (Lipinski definition) is 2. The van der Waals surface area contributed by atoms with Crippen LogP contribution in [0.1, 0.15) is 33.1 Å². The summed E-state index contributed by atoms with van der Waals surface area (Å²) in [6.45, 7) is 8.44. The van der Waals surface area contributed by atoms with Crippen molar-refractivity contribution in [3.63, 3.8) is 0 Å². The number of nitrogens with zero attached hydrogens (tertiary/aromatic N) is 1. The average molecular weight is 291 g/mol. The van der Waals surface area contributed by atoms with Crippen LogP contribution in [0.3, 0.4) is 0 Å². The Morgan fingerprint density at radius 1 is 1.42 bits per heavy atom. The number of likely N-dealkylation sites (tertiary alicyclic amines) is 1. The summed E-state index contributed by atoms with van der Waals surface area (Å²) in [5.74, 6) is 0.789. The van der Waals surface area contributed by atoms with Gasteiger partial charge in [-0.2, -0.15) is 0 Å². The molecule has 0 aromatic rings. The Kier molecular flexibility index (Phi) is 7.28. The fourth-order valence-corrected chi connectivity index (χ4v) is 3.30. The molecule has 2 unspecified atom stereocenters. The van der Waals surface area contributed by atoms with Gasteiger partial charge in [-0.1, -0.05) is 6.92 Å². The van der Waals surface area contributed by atoms with Gasteiger partial charge in [0.15, 0.2) is 0 Å². The van der Waals surface area contributed by atoms with Crippen LogP contribution in [0, 0.1) is 5.92 Å². The molecule has 1 heterocycles. The van der Waals surface area contributed by atoms with Crippen molar-refractivity contribution < 1.29 is 8.42 Å². The summed E-state index contributed by atoms with van der Waals surface area (Å²) in [5, 5.41) is 3.36. The van der Waals surface area contributed by atoms with E-state index in [4.69, 9.17) is 0 Å². The highest BCUT2D eigenvalue weighted by Crippen LogP contribution is 2.19. The van der Waals surface area contributed by atoms with Crippen molar-refractivity contribution in [2.24, 2.45) is 5.92 Å². The van der Waals surface area contributed by atoms with Crippen LogP contribution in [0.5, 0.6) is 0 Å². The Morgan fingerprint density at radius 2 is 2.16 bits per heavy atom. The van der Waals surface area contributed by atoms with Crippen molar-refractivity contribution in [1.29, 1.82) is 0 Å². The van der Waals surface area contributed by atoms with Crippen LogP contribution in [-0.2, 0) is 10.0 Å². The first-order valence-electron chi connectivity index (χ1n) is 7.35. The van der Waals surface area contributed by atoms with Crippen LogP contribution in [0.4, 0.5) is 0 Å². The molecular formula is C13H29N3O2S. The van der Waals surface area contributed by atoms with Crippen molar-refractivity contribution in [3.8, 4) is 0 Å². The normalized spacial score (nSPS) is 23.4. The summed E-state index contributed by atoms with van der Waals surface area (Å²) in [6, 6.07) is 0.381. The van der Waals surface area contributed by atoms with Gasteiger partial charge in [-0.15, -0.1) is 0 Å². The van der Waals surface area contributed by atoms with Crippen molar-refractivity contribution in [2.45, 2.75) is 39.2 Å². The molecule has 2 N–H and O–H groups in total. The molecule has 2 atom stereocenters. The molecule has 0 bridgehead atoms. The third-order valence-corrected chi connectivity index (χ3v) is 5.30. The van der Waals surface area contributed by atoms with Crippen molar-refractivity contribution >= 4 is 10.0 Å². The summed E-state index contributed by atoms with van der Waals surface area (Å²) in [7, 11) is -1.63. The van der Waals surface area contributed by atoms with Gasteiger partial charge < -0.3 is 10.2 Å². The summed E-state index contributed by atoms with van der Waals surface area (Å²) >= 11 is 0. The van der Waals surface area contributed by atoms with Gasteiger partial charge >= 0.3 is 0 Å². The Labute approximate surface area is 118 Å². The van der Waals surface area contributed by atoms with Crippen LogP contribution in [0.15, 0.2) is 0 Å². The summed E-state index contributed by atoms with van der Waals surface area (Å²) in [4.78, 5) is 2.52. The Hall–Kier alpha value is -0.170. The van der Waals surface area contributed by atoms with E-state index in [2.05, 4.69) is 28.8 Å². The molecule has 0 saturated carbocycles. The lowest BCUT2D eigenvalue weighted by molar-refractivity contribution is 0.152. The number of rotatable bonds is 8. The van der Waals surface area contributed by atoms with E-state index in [1.165, 1.54) is 39.4 Å². The van der Waals surface area contributed by atoms with Gasteiger partial charge in [0, 0.05) is 19.1 Å². The van der Waals surface area contributed by atoms with E-state index >= 15 is 0 Å². The van der Waals surface area contributed by atoms with Crippen molar-refractivity contribution in [3.05, 3.63) is 0 Å². The summed E-state index contributed by atoms with van der Waals surface area (Å²) in [6.07, 6.45) is 3.70. The molecule has 0 aromatic heterocycles. The molecular weight excluding hydrogens is 262 g/mol. The molecule has 0 aromatic carbocycles. The Bertz CT molecular complexity index is 344. The molecule has 1 fully saturated rings. The van der Waals surface area contributed by atoms with E-state index in [1.54, 1.807) is 0 Å². The van der Waals surface area contributed by atoms with E-state index in [0.717, 1.165) is 6.54 Å². The first-order valence-corrected chi connectivity index (χ1v) is 9.00. The first kappa shape index (κ1) is 16.9. The zero-order chi connectivity index (χ0) is 14.3. The van der Waals surface area contributed by atoms with Crippen LogP contribution in [-0.4, -0.2) is 58.3 Å². The molecule has 1 aliphatic rings. The first-order chi connectivity index (χ1) is 8.98. The number of nitrogens with one attached hydrogen (secondary N) is 2. The third kappa shape index (κ3) is 6.21. The highest BCUT2D eigenvalue weighted by molar-refractivity contribution is 7.89. The fourth-order valence-electron chi connectivity index (χ4n) is 2.71. The highest BCUT2D eigenvalue weighted by atomic mass is 32.2. The maximum atomic E-state index is 11.3. The molecule has 1 saturated heterocycles. The highest BCUT2D eigenvalue weighted by Gasteiger charge is 2.24. The number of sulfonamides is 1. The van der Waals surface area contributed by atoms with Crippen LogP contribution < -0.4 is 10.0 Å². The standard InChI is InChI=1S/C13H29N3O2S/c1-4-8-16-9-5-6-13(11-16)12(2)15-7-10-19(17,18)14-3/h12-15H,4-11H2,1-3H3. The minimum absolute atomic E-state index is 0.152. The maximum absolute atomic E-state index is 11.3. The molecule has 5 nitrogen and oxygen atoms in total. The van der Waals surface area contributed by atoms with Gasteiger partial charge in [0.1, 0.15) is 0 Å². The van der Waals surface area contributed by atoms with Gasteiger partial charge in [-0.25, -0.2) is 13.1 Å². The fraction of sp³-hybridized carbons (Fsp3) is 1.00. The Morgan fingerprint density at radius 3 is 2.79 bits per heavy atom. The molecule has 6 heteroatoms. The predicted molar refractivity (Wildman–Crippen MR) is 79.8 cm³/mol. The molecule has 0 aliphatic carbocycles. The average Bonchev–Trinajstić information content (AvgIpc) is 2.39. The van der Waals surface area contributed by atoms with Gasteiger partial charge in [0.05, 0.1) is 5.75 Å². The molecule has 1 aliphatic heterocycles. The monoisotopic (exact) mass is 291 g/mol. The lowest BCUT2D eigenvalue weighted by Gasteiger charge is -2.36. The molecule has 19 heavy (non-hydrogen) atoms. The van der Waals surface area contributed by atoms with E-state index in [9.17, 15) is 8.42 Å². The van der Waals surface area contributed by atoms with E-state index in [-0.39, 0.29) is 5.75 Å². The topological polar surface area (TPSA) is 61.4 Å². The van der Waals surface area contributed by atoms with Crippen LogP contribution in [0.25, 0.3) is 0 Å². The SMILES string of the molecule is CCCN1CCCC(C(C)NCCS(=O)(=O)NC)C1. The second-order valence-electron chi connectivity index (χ2n) is 5.47. The zero-order valence-corrected chi connectivity index (χ0v) is 13.3. The van der Waals surface area contributed by atoms with Crippen molar-refractivity contribution in [1.82, 2.24) is 14.9 Å². The van der Waals surface area contributed by atoms with E-state index in [0.29, 0.717) is 18.5 Å².